The fraction of sp³-hybridized carbons (Fsp3) is 0.176. The van der Waals surface area contributed by atoms with Crippen LogP contribution in [0.3, 0.4) is 0 Å². The lowest BCUT2D eigenvalue weighted by atomic mass is 10.2. The van der Waals surface area contributed by atoms with Crippen molar-refractivity contribution in [3.05, 3.63) is 47.2 Å². The molecular weight excluding hydrogens is 413 g/mol. The van der Waals surface area contributed by atoms with Crippen LogP contribution >= 0.6 is 27.5 Å². The molecule has 0 bridgehead atoms. The van der Waals surface area contributed by atoms with Crippen LogP contribution < -0.4 is 14.8 Å². The van der Waals surface area contributed by atoms with Gasteiger partial charge in [-0.2, -0.15) is 9.97 Å². The van der Waals surface area contributed by atoms with Crippen molar-refractivity contribution in [1.82, 2.24) is 9.97 Å². The van der Waals surface area contributed by atoms with Crippen molar-refractivity contribution >= 4 is 49.9 Å². The highest BCUT2D eigenvalue weighted by Crippen LogP contribution is 2.30. The molecule has 0 aliphatic heterocycles. The predicted molar refractivity (Wildman–Crippen MR) is 100 cm³/mol. The molecule has 0 radical (unpaired) electrons. The maximum Gasteiger partial charge on any atom is 0.318 e. The Morgan fingerprint density at radius 3 is 2.76 bits per heavy atom. The summed E-state index contributed by atoms with van der Waals surface area (Å²) in [5.41, 5.74) is 0.877. The molecule has 2 aromatic carbocycles. The Morgan fingerprint density at radius 1 is 1.20 bits per heavy atom. The Kier molecular flexibility index (Phi) is 5.55. The highest BCUT2D eigenvalue weighted by molar-refractivity contribution is 9.09. The number of aromatic nitrogens is 2. The zero-order valence-electron chi connectivity index (χ0n) is 13.2. The number of halogens is 3. The number of benzene rings is 2. The minimum atomic E-state index is -0.476. The summed E-state index contributed by atoms with van der Waals surface area (Å²) in [7, 11) is 1.47. The topological polar surface area (TPSA) is 56.3 Å². The molecule has 5 nitrogen and oxygen atoms in total. The summed E-state index contributed by atoms with van der Waals surface area (Å²) >= 11 is 9.11. The fourth-order valence-corrected chi connectivity index (χ4v) is 2.56. The third-order valence-corrected chi connectivity index (χ3v) is 3.92. The van der Waals surface area contributed by atoms with Gasteiger partial charge < -0.3 is 14.8 Å². The summed E-state index contributed by atoms with van der Waals surface area (Å²) in [6.07, 6.45) is 0. The summed E-state index contributed by atoms with van der Waals surface area (Å²) in [6.45, 7) is 0.537. The molecule has 3 aromatic rings. The number of hydrogen-bond donors (Lipinski definition) is 1. The standard InChI is InChI=1S/C17H14BrClFN3O2/c1-24-17-22-15-9-11(25-7-6-18)3-4-12(15)16(23-17)21-14-5-2-10(19)8-13(14)20/h2-5,8-9H,6-7H2,1H3,(H,21,22,23). The van der Waals surface area contributed by atoms with E-state index in [9.17, 15) is 4.39 Å². The van der Waals surface area contributed by atoms with Gasteiger partial charge in [0.1, 0.15) is 17.4 Å². The molecule has 0 atom stereocenters. The summed E-state index contributed by atoms with van der Waals surface area (Å²) in [5.74, 6) is 0.627. The maximum absolute atomic E-state index is 14.1. The highest BCUT2D eigenvalue weighted by atomic mass is 79.9. The van der Waals surface area contributed by atoms with Gasteiger partial charge in [0.05, 0.1) is 24.9 Å². The van der Waals surface area contributed by atoms with Crippen LogP contribution in [-0.4, -0.2) is 29.0 Å². The first-order chi connectivity index (χ1) is 12.1. The van der Waals surface area contributed by atoms with E-state index in [0.29, 0.717) is 34.1 Å². The van der Waals surface area contributed by atoms with E-state index in [0.717, 1.165) is 5.33 Å². The number of fused-ring (bicyclic) bond motifs is 1. The van der Waals surface area contributed by atoms with Crippen molar-refractivity contribution in [2.24, 2.45) is 0 Å². The molecule has 0 saturated heterocycles. The Labute approximate surface area is 157 Å². The number of rotatable bonds is 6. The average Bonchev–Trinajstić information content (AvgIpc) is 2.61. The number of nitrogens with one attached hydrogen (secondary N) is 1. The minimum Gasteiger partial charge on any atom is -0.493 e. The van der Waals surface area contributed by atoms with E-state index in [-0.39, 0.29) is 11.7 Å². The molecule has 0 fully saturated rings. The Balaban J connectivity index is 2.03. The van der Waals surface area contributed by atoms with Gasteiger partial charge in [-0.3, -0.25) is 0 Å². The van der Waals surface area contributed by atoms with E-state index in [2.05, 4.69) is 31.2 Å². The van der Waals surface area contributed by atoms with Crippen LogP contribution in [0.5, 0.6) is 11.8 Å². The van der Waals surface area contributed by atoms with Crippen LogP contribution in [-0.2, 0) is 0 Å². The Hall–Kier alpha value is -2.12. The molecule has 25 heavy (non-hydrogen) atoms. The quantitative estimate of drug-likeness (QED) is 0.565. The number of ether oxygens (including phenoxy) is 2. The fourth-order valence-electron chi connectivity index (χ4n) is 2.24. The molecule has 3 rings (SSSR count). The van der Waals surface area contributed by atoms with Gasteiger partial charge >= 0.3 is 6.01 Å². The SMILES string of the molecule is COc1nc(Nc2ccc(Cl)cc2F)c2ccc(OCCBr)cc2n1. The van der Waals surface area contributed by atoms with Gasteiger partial charge in [-0.05, 0) is 30.3 Å². The van der Waals surface area contributed by atoms with Gasteiger partial charge in [-0.25, -0.2) is 4.39 Å². The summed E-state index contributed by atoms with van der Waals surface area (Å²) in [4.78, 5) is 8.60. The van der Waals surface area contributed by atoms with Gasteiger partial charge in [-0.15, -0.1) is 0 Å². The van der Waals surface area contributed by atoms with Gasteiger partial charge in [0.15, 0.2) is 0 Å². The minimum absolute atomic E-state index is 0.169. The van der Waals surface area contributed by atoms with E-state index in [1.165, 1.54) is 13.2 Å². The summed E-state index contributed by atoms with van der Waals surface area (Å²) in [6, 6.07) is 9.95. The van der Waals surface area contributed by atoms with Gasteiger partial charge in [0.2, 0.25) is 0 Å². The molecule has 1 aromatic heterocycles. The molecule has 0 aliphatic rings. The normalized spacial score (nSPS) is 10.7. The van der Waals surface area contributed by atoms with E-state index in [1.54, 1.807) is 18.2 Å². The lowest BCUT2D eigenvalue weighted by molar-refractivity contribution is 0.345. The van der Waals surface area contributed by atoms with Crippen molar-refractivity contribution in [2.45, 2.75) is 0 Å². The van der Waals surface area contributed by atoms with E-state index < -0.39 is 5.82 Å². The number of methoxy groups -OCH3 is 1. The third kappa shape index (κ3) is 4.11. The van der Waals surface area contributed by atoms with E-state index in [4.69, 9.17) is 21.1 Å². The first-order valence-corrected chi connectivity index (χ1v) is 8.87. The first-order valence-electron chi connectivity index (χ1n) is 7.37. The first kappa shape index (κ1) is 17.7. The second-order valence-electron chi connectivity index (χ2n) is 5.02. The van der Waals surface area contributed by atoms with Crippen molar-refractivity contribution in [3.63, 3.8) is 0 Å². The molecule has 1 N–H and O–H groups in total. The molecule has 0 amide bonds. The smallest absolute Gasteiger partial charge is 0.318 e. The highest BCUT2D eigenvalue weighted by Gasteiger charge is 2.12. The molecule has 8 heteroatoms. The molecule has 1 heterocycles. The third-order valence-electron chi connectivity index (χ3n) is 3.36. The van der Waals surface area contributed by atoms with Crippen LogP contribution in [0.15, 0.2) is 36.4 Å². The number of hydrogen-bond acceptors (Lipinski definition) is 5. The second-order valence-corrected chi connectivity index (χ2v) is 6.25. The molecule has 0 spiro atoms. The van der Waals surface area contributed by atoms with Gasteiger partial charge in [0.25, 0.3) is 0 Å². The van der Waals surface area contributed by atoms with Gasteiger partial charge in [0, 0.05) is 21.8 Å². The summed E-state index contributed by atoms with van der Waals surface area (Å²) < 4.78 is 24.8. The average molecular weight is 427 g/mol. The van der Waals surface area contributed by atoms with E-state index >= 15 is 0 Å². The van der Waals surface area contributed by atoms with Crippen molar-refractivity contribution in [1.29, 1.82) is 0 Å². The van der Waals surface area contributed by atoms with Crippen molar-refractivity contribution in [2.75, 3.05) is 24.4 Å². The molecular formula is C17H14BrClFN3O2. The van der Waals surface area contributed by atoms with Crippen molar-refractivity contribution < 1.29 is 13.9 Å². The monoisotopic (exact) mass is 425 g/mol. The lowest BCUT2D eigenvalue weighted by Gasteiger charge is -2.12. The second kappa shape index (κ2) is 7.84. The number of nitrogens with zero attached hydrogens (tertiary/aromatic N) is 2. The van der Waals surface area contributed by atoms with Crippen LogP contribution in [0.2, 0.25) is 5.02 Å². The predicted octanol–water partition coefficient (Wildman–Crippen LogP) is 4.95. The molecule has 0 unspecified atom stereocenters. The lowest BCUT2D eigenvalue weighted by Crippen LogP contribution is -2.02. The zero-order valence-corrected chi connectivity index (χ0v) is 15.6. The van der Waals surface area contributed by atoms with Crippen molar-refractivity contribution in [3.8, 4) is 11.8 Å². The van der Waals surface area contributed by atoms with Crippen LogP contribution in [0.4, 0.5) is 15.9 Å². The number of alkyl halides is 1. The maximum atomic E-state index is 14.1. The molecule has 0 aliphatic carbocycles. The molecule has 0 saturated carbocycles. The Bertz CT molecular complexity index is 910. The molecule has 130 valence electrons. The van der Waals surface area contributed by atoms with Crippen LogP contribution in [0, 0.1) is 5.82 Å². The van der Waals surface area contributed by atoms with E-state index in [1.807, 2.05) is 12.1 Å². The Morgan fingerprint density at radius 2 is 2.04 bits per heavy atom. The largest absolute Gasteiger partial charge is 0.493 e. The van der Waals surface area contributed by atoms with Crippen LogP contribution in [0.25, 0.3) is 10.9 Å². The summed E-state index contributed by atoms with van der Waals surface area (Å²) in [5, 5.41) is 4.72. The number of anilines is 2. The van der Waals surface area contributed by atoms with Gasteiger partial charge in [-0.1, -0.05) is 27.5 Å². The zero-order chi connectivity index (χ0) is 17.8. The van der Waals surface area contributed by atoms with Crippen LogP contribution in [0.1, 0.15) is 0 Å².